The maximum atomic E-state index is 11.4. The number of ketones is 1. The molecule has 1 aliphatic rings. The first-order valence-electron chi connectivity index (χ1n) is 6.89. The van der Waals surface area contributed by atoms with Crippen molar-refractivity contribution in [1.82, 2.24) is 0 Å². The molecule has 2 nitrogen and oxygen atoms in total. The first kappa shape index (κ1) is 15.6. The normalized spacial score (nSPS) is 25.6. The van der Waals surface area contributed by atoms with Crippen molar-refractivity contribution >= 4 is 14.1 Å². The fourth-order valence-electron chi connectivity index (χ4n) is 2.26. The van der Waals surface area contributed by atoms with Crippen LogP contribution in [0.5, 0.6) is 0 Å². The molecule has 0 N–H and O–H groups in total. The minimum absolute atomic E-state index is 0.210. The van der Waals surface area contributed by atoms with E-state index < -0.39 is 8.32 Å². The van der Waals surface area contributed by atoms with Crippen LogP contribution in [0.25, 0.3) is 0 Å². The molecule has 0 bridgehead atoms. The van der Waals surface area contributed by atoms with Gasteiger partial charge in [-0.2, -0.15) is 0 Å². The van der Waals surface area contributed by atoms with Gasteiger partial charge in [0.15, 0.2) is 8.32 Å². The van der Waals surface area contributed by atoms with Crippen molar-refractivity contribution in [3.63, 3.8) is 0 Å². The minimum atomic E-state index is -1.74. The topological polar surface area (TPSA) is 26.3 Å². The molecule has 0 aromatic heterocycles. The van der Waals surface area contributed by atoms with Gasteiger partial charge < -0.3 is 9.22 Å². The van der Waals surface area contributed by atoms with Gasteiger partial charge in [-0.1, -0.05) is 32.9 Å². The van der Waals surface area contributed by atoms with Crippen molar-refractivity contribution in [3.8, 4) is 0 Å². The van der Waals surface area contributed by atoms with Crippen LogP contribution in [0.15, 0.2) is 12.2 Å². The maximum Gasteiger partial charge on any atom is 0.192 e. The van der Waals surface area contributed by atoms with Gasteiger partial charge in [0.05, 0.1) is 6.10 Å². The lowest BCUT2D eigenvalue weighted by molar-refractivity contribution is -0.118. The number of carbonyl (C=O) groups excluding carboxylic acids is 1. The molecule has 0 aliphatic heterocycles. The highest BCUT2D eigenvalue weighted by Gasteiger charge is 2.42. The fourth-order valence-corrected chi connectivity index (χ4v) is 3.65. The van der Waals surface area contributed by atoms with Crippen molar-refractivity contribution in [3.05, 3.63) is 12.2 Å². The molecule has 104 valence electrons. The molecule has 0 spiro atoms. The molecule has 2 atom stereocenters. The summed E-state index contributed by atoms with van der Waals surface area (Å²) in [6.07, 6.45) is 2.85. The van der Waals surface area contributed by atoms with E-state index in [1.807, 2.05) is 0 Å². The summed E-state index contributed by atoms with van der Waals surface area (Å²) in [7, 11) is -1.74. The Morgan fingerprint density at radius 3 is 2.44 bits per heavy atom. The number of rotatable bonds is 4. The summed E-state index contributed by atoms with van der Waals surface area (Å²) in [4.78, 5) is 11.4. The Kier molecular flexibility index (Phi) is 4.60. The molecule has 0 saturated heterocycles. The average Bonchev–Trinajstić information content (AvgIpc) is 2.46. The highest BCUT2D eigenvalue weighted by atomic mass is 28.4. The summed E-state index contributed by atoms with van der Waals surface area (Å²) in [5, 5.41) is 0.220. The van der Waals surface area contributed by atoms with Gasteiger partial charge in [-0.25, -0.2) is 0 Å². The number of hydrogen-bond donors (Lipinski definition) is 0. The van der Waals surface area contributed by atoms with Crippen molar-refractivity contribution in [2.45, 2.75) is 71.2 Å². The Hall–Kier alpha value is -0.413. The summed E-state index contributed by atoms with van der Waals surface area (Å²) in [6, 6.07) is 0. The van der Waals surface area contributed by atoms with Gasteiger partial charge in [0, 0.05) is 12.3 Å². The molecule has 3 heteroatoms. The third-order valence-corrected chi connectivity index (χ3v) is 8.99. The van der Waals surface area contributed by atoms with Crippen molar-refractivity contribution < 1.29 is 9.22 Å². The van der Waals surface area contributed by atoms with Crippen LogP contribution in [0.2, 0.25) is 18.1 Å². The molecule has 1 rings (SSSR count). The van der Waals surface area contributed by atoms with E-state index in [1.165, 1.54) is 5.57 Å². The van der Waals surface area contributed by atoms with Crippen LogP contribution >= 0.6 is 0 Å². The highest BCUT2D eigenvalue weighted by Crippen LogP contribution is 2.42. The van der Waals surface area contributed by atoms with Gasteiger partial charge in [0.1, 0.15) is 5.78 Å². The van der Waals surface area contributed by atoms with Gasteiger partial charge in [-0.3, -0.25) is 0 Å². The van der Waals surface area contributed by atoms with Crippen molar-refractivity contribution in [2.24, 2.45) is 5.92 Å². The van der Waals surface area contributed by atoms with Crippen LogP contribution in [-0.4, -0.2) is 20.2 Å². The SMILES string of the molecule is C=C1CCC(O[Si](C)(C)C(C)(C)C)C1CC(C)=O. The second kappa shape index (κ2) is 5.30. The summed E-state index contributed by atoms with van der Waals surface area (Å²) >= 11 is 0. The maximum absolute atomic E-state index is 11.4. The van der Waals surface area contributed by atoms with E-state index >= 15 is 0 Å². The van der Waals surface area contributed by atoms with Crippen LogP contribution in [-0.2, 0) is 9.22 Å². The highest BCUT2D eigenvalue weighted by molar-refractivity contribution is 6.74. The van der Waals surface area contributed by atoms with E-state index in [9.17, 15) is 4.79 Å². The van der Waals surface area contributed by atoms with E-state index in [-0.39, 0.29) is 22.8 Å². The third kappa shape index (κ3) is 3.54. The number of hydrogen-bond acceptors (Lipinski definition) is 2. The summed E-state index contributed by atoms with van der Waals surface area (Å²) in [6.45, 7) is 17.1. The monoisotopic (exact) mass is 268 g/mol. The second-order valence-electron chi connectivity index (χ2n) is 7.13. The second-order valence-corrected chi connectivity index (χ2v) is 11.9. The fraction of sp³-hybridized carbons (Fsp3) is 0.800. The predicted molar refractivity (Wildman–Crippen MR) is 79.2 cm³/mol. The first-order valence-corrected chi connectivity index (χ1v) is 9.80. The largest absolute Gasteiger partial charge is 0.413 e. The predicted octanol–water partition coefficient (Wildman–Crippen LogP) is 4.32. The Bertz CT molecular complexity index is 339. The van der Waals surface area contributed by atoms with E-state index in [1.54, 1.807) is 6.92 Å². The first-order chi connectivity index (χ1) is 8.04. The molecular weight excluding hydrogens is 240 g/mol. The van der Waals surface area contributed by atoms with Crippen LogP contribution in [0.3, 0.4) is 0 Å². The van der Waals surface area contributed by atoms with Gasteiger partial charge >= 0.3 is 0 Å². The Morgan fingerprint density at radius 2 is 2.00 bits per heavy atom. The molecule has 0 aromatic rings. The Morgan fingerprint density at radius 1 is 1.44 bits per heavy atom. The molecule has 0 amide bonds. The summed E-state index contributed by atoms with van der Waals surface area (Å²) in [5.41, 5.74) is 1.20. The molecule has 1 aliphatic carbocycles. The zero-order valence-electron chi connectivity index (χ0n) is 12.8. The van der Waals surface area contributed by atoms with Crippen LogP contribution in [0.4, 0.5) is 0 Å². The number of Topliss-reactive ketones (excluding diaryl/α,β-unsaturated/α-hetero) is 1. The molecule has 1 fully saturated rings. The molecule has 1 saturated carbocycles. The van der Waals surface area contributed by atoms with E-state index in [4.69, 9.17) is 4.43 Å². The summed E-state index contributed by atoms with van der Waals surface area (Å²) in [5.74, 6) is 0.489. The van der Waals surface area contributed by atoms with Crippen molar-refractivity contribution in [1.29, 1.82) is 0 Å². The average molecular weight is 268 g/mol. The Balaban J connectivity index is 2.77. The minimum Gasteiger partial charge on any atom is -0.413 e. The van der Waals surface area contributed by atoms with E-state index in [0.717, 1.165) is 12.8 Å². The van der Waals surface area contributed by atoms with Gasteiger partial charge in [-0.05, 0) is 37.9 Å². The molecule has 18 heavy (non-hydrogen) atoms. The van der Waals surface area contributed by atoms with Crippen LogP contribution in [0.1, 0.15) is 47.0 Å². The van der Waals surface area contributed by atoms with E-state index in [2.05, 4.69) is 40.4 Å². The van der Waals surface area contributed by atoms with Crippen molar-refractivity contribution in [2.75, 3.05) is 0 Å². The molecule has 0 radical (unpaired) electrons. The molecule has 0 heterocycles. The molecular formula is C15H28O2Si. The van der Waals surface area contributed by atoms with Gasteiger partial charge in [0.2, 0.25) is 0 Å². The zero-order valence-corrected chi connectivity index (χ0v) is 13.8. The molecule has 2 unspecified atom stereocenters. The zero-order chi connectivity index (χ0) is 14.1. The molecule has 0 aromatic carbocycles. The lowest BCUT2D eigenvalue weighted by atomic mass is 9.96. The van der Waals surface area contributed by atoms with Gasteiger partial charge in [0.25, 0.3) is 0 Å². The summed E-state index contributed by atoms with van der Waals surface area (Å²) < 4.78 is 6.47. The lowest BCUT2D eigenvalue weighted by Crippen LogP contribution is -2.45. The Labute approximate surface area is 113 Å². The quantitative estimate of drug-likeness (QED) is 0.560. The number of carbonyl (C=O) groups is 1. The van der Waals surface area contributed by atoms with Gasteiger partial charge in [-0.15, -0.1) is 0 Å². The van der Waals surface area contributed by atoms with Crippen LogP contribution in [0, 0.1) is 5.92 Å². The standard InChI is InChI=1S/C15H28O2Si/c1-11-8-9-14(13(11)10-12(2)16)17-18(6,7)15(3,4)5/h13-14H,1,8-10H2,2-7H3. The third-order valence-electron chi connectivity index (χ3n) is 4.48. The van der Waals surface area contributed by atoms with Crippen LogP contribution < -0.4 is 0 Å². The lowest BCUT2D eigenvalue weighted by Gasteiger charge is -2.39. The van der Waals surface area contributed by atoms with E-state index in [0.29, 0.717) is 6.42 Å². The smallest absolute Gasteiger partial charge is 0.192 e.